The van der Waals surface area contributed by atoms with Crippen LogP contribution in [0.2, 0.25) is 0 Å². The van der Waals surface area contributed by atoms with Crippen molar-refractivity contribution in [3.63, 3.8) is 0 Å². The van der Waals surface area contributed by atoms with E-state index in [1.54, 1.807) is 9.58 Å². The second-order valence-electron chi connectivity index (χ2n) is 5.43. The topological polar surface area (TPSA) is 73.4 Å². The van der Waals surface area contributed by atoms with Crippen LogP contribution in [0.5, 0.6) is 0 Å². The molecule has 2 heterocycles. The van der Waals surface area contributed by atoms with Crippen molar-refractivity contribution in [1.29, 1.82) is 0 Å². The molecule has 0 aliphatic carbocycles. The molecule has 1 aromatic heterocycles. The first kappa shape index (κ1) is 14.8. The van der Waals surface area contributed by atoms with Crippen LogP contribution in [0, 0.1) is 12.8 Å². The van der Waals surface area contributed by atoms with Crippen molar-refractivity contribution in [3.8, 4) is 0 Å². The van der Waals surface area contributed by atoms with E-state index >= 15 is 0 Å². The molecule has 0 aromatic carbocycles. The summed E-state index contributed by atoms with van der Waals surface area (Å²) in [5.74, 6) is 0.355. The van der Waals surface area contributed by atoms with Crippen molar-refractivity contribution in [2.75, 3.05) is 32.5 Å². The lowest BCUT2D eigenvalue weighted by Gasteiger charge is -2.27. The summed E-state index contributed by atoms with van der Waals surface area (Å²) in [6.07, 6.45) is 2.18. The number of carbonyl (C=O) groups is 1. The number of nitrogens with zero attached hydrogens (tertiary/aromatic N) is 3. The van der Waals surface area contributed by atoms with Gasteiger partial charge in [-0.3, -0.25) is 9.48 Å². The first-order chi connectivity index (χ1) is 9.54. The molecule has 1 amide bonds. The quantitative estimate of drug-likeness (QED) is 0.902. The van der Waals surface area contributed by atoms with Gasteiger partial charge in [0, 0.05) is 26.7 Å². The summed E-state index contributed by atoms with van der Waals surface area (Å²) in [7, 11) is 1.82. The lowest BCUT2D eigenvalue weighted by atomic mass is 10.0. The average Bonchev–Trinajstić information content (AvgIpc) is 2.74. The monoisotopic (exact) mass is 280 g/mol. The van der Waals surface area contributed by atoms with Crippen LogP contribution < -0.4 is 5.73 Å². The molecule has 1 saturated heterocycles. The maximum atomic E-state index is 12.6. The van der Waals surface area contributed by atoms with Gasteiger partial charge in [0.1, 0.15) is 5.69 Å². The van der Waals surface area contributed by atoms with Crippen molar-refractivity contribution >= 4 is 11.6 Å². The number of rotatable bonds is 4. The zero-order chi connectivity index (χ0) is 14.7. The van der Waals surface area contributed by atoms with Gasteiger partial charge in [-0.15, -0.1) is 0 Å². The van der Waals surface area contributed by atoms with Gasteiger partial charge in [0.2, 0.25) is 0 Å². The number of nitrogens with two attached hydrogens (primary N) is 1. The molecule has 0 saturated carbocycles. The third-order valence-electron chi connectivity index (χ3n) is 3.81. The van der Waals surface area contributed by atoms with E-state index in [-0.39, 0.29) is 5.91 Å². The van der Waals surface area contributed by atoms with E-state index in [4.69, 9.17) is 10.5 Å². The van der Waals surface area contributed by atoms with Crippen LogP contribution >= 0.6 is 0 Å². The number of aromatic nitrogens is 2. The van der Waals surface area contributed by atoms with Crippen molar-refractivity contribution in [2.24, 2.45) is 5.92 Å². The molecule has 2 rings (SSSR count). The molecule has 112 valence electrons. The molecule has 6 nitrogen and oxygen atoms in total. The molecule has 6 heteroatoms. The fraction of sp³-hybridized carbons (Fsp3) is 0.714. The van der Waals surface area contributed by atoms with Crippen molar-refractivity contribution in [1.82, 2.24) is 14.7 Å². The van der Waals surface area contributed by atoms with E-state index in [0.717, 1.165) is 26.1 Å². The molecule has 1 unspecified atom stereocenters. The van der Waals surface area contributed by atoms with E-state index < -0.39 is 0 Å². The molecule has 1 fully saturated rings. The van der Waals surface area contributed by atoms with Gasteiger partial charge in [-0.05, 0) is 32.6 Å². The Hall–Kier alpha value is -1.56. The predicted molar refractivity (Wildman–Crippen MR) is 77.6 cm³/mol. The van der Waals surface area contributed by atoms with Gasteiger partial charge in [0.25, 0.3) is 5.91 Å². The molecule has 0 radical (unpaired) electrons. The Balaban J connectivity index is 2.09. The van der Waals surface area contributed by atoms with Gasteiger partial charge in [-0.2, -0.15) is 5.10 Å². The highest BCUT2D eigenvalue weighted by atomic mass is 16.5. The molecule has 1 aromatic rings. The fourth-order valence-corrected chi connectivity index (χ4v) is 2.65. The van der Waals surface area contributed by atoms with Gasteiger partial charge in [-0.1, -0.05) is 0 Å². The Morgan fingerprint density at radius 3 is 2.95 bits per heavy atom. The van der Waals surface area contributed by atoms with E-state index in [0.29, 0.717) is 36.1 Å². The minimum absolute atomic E-state index is 0.0597. The second-order valence-corrected chi connectivity index (χ2v) is 5.43. The number of anilines is 1. The van der Waals surface area contributed by atoms with Crippen molar-refractivity contribution in [3.05, 3.63) is 11.4 Å². The first-order valence-corrected chi connectivity index (χ1v) is 7.20. The SMILES string of the molecule is CCn1nc(C)c(N)c1C(=O)N(C)CC1CCCOC1. The third kappa shape index (κ3) is 2.95. The highest BCUT2D eigenvalue weighted by Crippen LogP contribution is 2.20. The van der Waals surface area contributed by atoms with E-state index in [1.807, 2.05) is 20.9 Å². The van der Waals surface area contributed by atoms with Crippen LogP contribution in [-0.4, -0.2) is 47.4 Å². The van der Waals surface area contributed by atoms with Crippen molar-refractivity contribution in [2.45, 2.75) is 33.2 Å². The molecule has 1 aliphatic rings. The summed E-state index contributed by atoms with van der Waals surface area (Å²) in [4.78, 5) is 14.3. The minimum Gasteiger partial charge on any atom is -0.395 e. The summed E-state index contributed by atoms with van der Waals surface area (Å²) in [5, 5.41) is 4.30. The van der Waals surface area contributed by atoms with Crippen LogP contribution in [0.1, 0.15) is 35.9 Å². The van der Waals surface area contributed by atoms with Crippen LogP contribution in [-0.2, 0) is 11.3 Å². The number of ether oxygens (including phenoxy) is 1. The Labute approximate surface area is 119 Å². The molecule has 0 bridgehead atoms. The van der Waals surface area contributed by atoms with E-state index in [2.05, 4.69) is 5.10 Å². The van der Waals surface area contributed by atoms with Gasteiger partial charge in [0.05, 0.1) is 18.0 Å². The zero-order valence-corrected chi connectivity index (χ0v) is 12.6. The third-order valence-corrected chi connectivity index (χ3v) is 3.81. The standard InChI is InChI=1S/C14H24N4O2/c1-4-18-13(12(15)10(2)16-18)14(19)17(3)8-11-6-5-7-20-9-11/h11H,4-9,15H2,1-3H3. The normalized spacial score (nSPS) is 19.1. The highest BCUT2D eigenvalue weighted by molar-refractivity contribution is 5.97. The Kier molecular flexibility index (Phi) is 4.65. The predicted octanol–water partition coefficient (Wildman–Crippen LogP) is 1.29. The molecule has 1 atom stereocenters. The Morgan fingerprint density at radius 1 is 1.60 bits per heavy atom. The van der Waals surface area contributed by atoms with Crippen LogP contribution in [0.4, 0.5) is 5.69 Å². The minimum atomic E-state index is -0.0597. The fourth-order valence-electron chi connectivity index (χ4n) is 2.65. The van der Waals surface area contributed by atoms with E-state index in [9.17, 15) is 4.79 Å². The van der Waals surface area contributed by atoms with Crippen LogP contribution in [0.25, 0.3) is 0 Å². The van der Waals surface area contributed by atoms with Crippen LogP contribution in [0.15, 0.2) is 0 Å². The molecular weight excluding hydrogens is 256 g/mol. The maximum absolute atomic E-state index is 12.6. The number of nitrogen functional groups attached to an aromatic ring is 1. The summed E-state index contributed by atoms with van der Waals surface area (Å²) >= 11 is 0. The van der Waals surface area contributed by atoms with Crippen LogP contribution in [0.3, 0.4) is 0 Å². The highest BCUT2D eigenvalue weighted by Gasteiger charge is 2.25. The molecule has 2 N–H and O–H groups in total. The van der Waals surface area contributed by atoms with Gasteiger partial charge in [0.15, 0.2) is 0 Å². The summed E-state index contributed by atoms with van der Waals surface area (Å²) < 4.78 is 7.14. The zero-order valence-electron chi connectivity index (χ0n) is 12.6. The average molecular weight is 280 g/mol. The summed E-state index contributed by atoms with van der Waals surface area (Å²) in [6, 6.07) is 0. The van der Waals surface area contributed by atoms with Crippen molar-refractivity contribution < 1.29 is 9.53 Å². The summed E-state index contributed by atoms with van der Waals surface area (Å²) in [5.41, 5.74) is 7.70. The summed E-state index contributed by atoms with van der Waals surface area (Å²) in [6.45, 7) is 6.69. The molecular formula is C14H24N4O2. The number of aryl methyl sites for hydroxylation is 2. The van der Waals surface area contributed by atoms with Gasteiger partial charge >= 0.3 is 0 Å². The number of amides is 1. The molecule has 1 aliphatic heterocycles. The van der Waals surface area contributed by atoms with Gasteiger partial charge < -0.3 is 15.4 Å². The first-order valence-electron chi connectivity index (χ1n) is 7.20. The molecule has 0 spiro atoms. The number of hydrogen-bond donors (Lipinski definition) is 1. The lowest BCUT2D eigenvalue weighted by Crippen LogP contribution is -2.36. The van der Waals surface area contributed by atoms with Gasteiger partial charge in [-0.25, -0.2) is 0 Å². The Morgan fingerprint density at radius 2 is 2.35 bits per heavy atom. The Bertz CT molecular complexity index is 478. The number of hydrogen-bond acceptors (Lipinski definition) is 4. The lowest BCUT2D eigenvalue weighted by molar-refractivity contribution is 0.0385. The second kappa shape index (κ2) is 6.26. The molecule has 20 heavy (non-hydrogen) atoms. The number of carbonyl (C=O) groups excluding carboxylic acids is 1. The largest absolute Gasteiger partial charge is 0.395 e. The maximum Gasteiger partial charge on any atom is 0.274 e. The smallest absolute Gasteiger partial charge is 0.274 e. The van der Waals surface area contributed by atoms with E-state index in [1.165, 1.54) is 0 Å².